The van der Waals surface area contributed by atoms with E-state index in [-0.39, 0.29) is 0 Å². The first kappa shape index (κ1) is 13.2. The van der Waals surface area contributed by atoms with Crippen molar-refractivity contribution in [1.82, 2.24) is 0 Å². The van der Waals surface area contributed by atoms with Gasteiger partial charge in [0.2, 0.25) is 0 Å². The fraction of sp³-hybridized carbons (Fsp3) is 1.00. The Morgan fingerprint density at radius 3 is 2.23 bits per heavy atom. The summed E-state index contributed by atoms with van der Waals surface area (Å²) >= 11 is 0. The molecule has 0 fully saturated rings. The minimum absolute atomic E-state index is 0.904. The molecule has 0 radical (unpaired) electrons. The minimum atomic E-state index is -1.31. The second kappa shape index (κ2) is 6.60. The van der Waals surface area contributed by atoms with Crippen LogP contribution in [0, 0.1) is 5.92 Å². The zero-order valence-corrected chi connectivity index (χ0v) is 11.0. The first-order valence-corrected chi connectivity index (χ1v) is 8.72. The Morgan fingerprint density at radius 1 is 1.23 bits per heavy atom. The molecule has 2 heteroatoms. The van der Waals surface area contributed by atoms with Crippen molar-refractivity contribution in [2.75, 3.05) is 7.11 Å². The molecular weight excluding hydrogens is 176 g/mol. The average Bonchev–Trinajstić information content (AvgIpc) is 2.12. The van der Waals surface area contributed by atoms with Gasteiger partial charge >= 0.3 is 0 Å². The van der Waals surface area contributed by atoms with Gasteiger partial charge in [-0.05, 0) is 25.1 Å². The normalized spacial score (nSPS) is 14.5. The highest BCUT2D eigenvalue weighted by atomic mass is 28.4. The standard InChI is InChI=1S/C11H26OSi/c1-6-8-9-11(7-2)10-13(4,5)12-3/h11H,6-10H2,1-5H3. The number of hydrogen-bond donors (Lipinski definition) is 0. The Kier molecular flexibility index (Phi) is 6.69. The van der Waals surface area contributed by atoms with E-state index in [0.29, 0.717) is 0 Å². The Morgan fingerprint density at radius 2 is 1.85 bits per heavy atom. The van der Waals surface area contributed by atoms with Crippen molar-refractivity contribution >= 4 is 8.32 Å². The fourth-order valence-corrected chi connectivity index (χ4v) is 3.77. The summed E-state index contributed by atoms with van der Waals surface area (Å²) in [5.74, 6) is 0.904. The summed E-state index contributed by atoms with van der Waals surface area (Å²) < 4.78 is 5.59. The van der Waals surface area contributed by atoms with E-state index in [1.54, 1.807) is 0 Å². The van der Waals surface area contributed by atoms with Crippen LogP contribution in [0.5, 0.6) is 0 Å². The number of unbranched alkanes of at least 4 members (excludes halogenated alkanes) is 1. The average molecular weight is 202 g/mol. The molecule has 0 spiro atoms. The molecule has 0 N–H and O–H groups in total. The van der Waals surface area contributed by atoms with E-state index in [2.05, 4.69) is 26.9 Å². The van der Waals surface area contributed by atoms with Gasteiger partial charge in [0.25, 0.3) is 0 Å². The Bertz CT molecular complexity index is 123. The third kappa shape index (κ3) is 6.27. The van der Waals surface area contributed by atoms with Gasteiger partial charge in [0.15, 0.2) is 8.32 Å². The van der Waals surface area contributed by atoms with Crippen LogP contribution in [0.1, 0.15) is 39.5 Å². The second-order valence-corrected chi connectivity index (χ2v) is 8.92. The van der Waals surface area contributed by atoms with Gasteiger partial charge in [0.05, 0.1) is 0 Å². The van der Waals surface area contributed by atoms with Crippen LogP contribution in [0.2, 0.25) is 19.1 Å². The topological polar surface area (TPSA) is 9.23 Å². The maximum absolute atomic E-state index is 5.59. The first-order chi connectivity index (χ1) is 6.05. The van der Waals surface area contributed by atoms with E-state index in [1.165, 1.54) is 31.7 Å². The molecule has 0 aliphatic rings. The van der Waals surface area contributed by atoms with E-state index in [0.717, 1.165) is 5.92 Å². The summed E-state index contributed by atoms with van der Waals surface area (Å²) in [4.78, 5) is 0. The summed E-state index contributed by atoms with van der Waals surface area (Å²) in [7, 11) is 0.562. The monoisotopic (exact) mass is 202 g/mol. The summed E-state index contributed by atoms with van der Waals surface area (Å²) in [5.41, 5.74) is 0. The Hall–Kier alpha value is 0.177. The highest BCUT2D eigenvalue weighted by Crippen LogP contribution is 2.24. The molecular formula is C11H26OSi. The summed E-state index contributed by atoms with van der Waals surface area (Å²) in [6.07, 6.45) is 5.42. The molecule has 80 valence electrons. The lowest BCUT2D eigenvalue weighted by Gasteiger charge is -2.25. The van der Waals surface area contributed by atoms with Gasteiger partial charge in [-0.1, -0.05) is 39.5 Å². The summed E-state index contributed by atoms with van der Waals surface area (Å²) in [6.45, 7) is 9.22. The van der Waals surface area contributed by atoms with Crippen LogP contribution in [0.4, 0.5) is 0 Å². The van der Waals surface area contributed by atoms with Crippen LogP contribution in [0.3, 0.4) is 0 Å². The maximum Gasteiger partial charge on any atom is 0.186 e. The Labute approximate surface area is 85.0 Å². The van der Waals surface area contributed by atoms with Crippen LogP contribution < -0.4 is 0 Å². The van der Waals surface area contributed by atoms with Gasteiger partial charge in [0, 0.05) is 7.11 Å². The van der Waals surface area contributed by atoms with Crippen LogP contribution in [0.15, 0.2) is 0 Å². The van der Waals surface area contributed by atoms with Gasteiger partial charge in [0.1, 0.15) is 0 Å². The van der Waals surface area contributed by atoms with Crippen molar-refractivity contribution in [3.8, 4) is 0 Å². The molecule has 0 aliphatic heterocycles. The highest BCUT2D eigenvalue weighted by Gasteiger charge is 2.24. The predicted molar refractivity (Wildman–Crippen MR) is 62.6 cm³/mol. The van der Waals surface area contributed by atoms with E-state index >= 15 is 0 Å². The van der Waals surface area contributed by atoms with E-state index in [9.17, 15) is 0 Å². The molecule has 0 saturated carbocycles. The molecule has 0 rings (SSSR count). The number of rotatable bonds is 7. The first-order valence-electron chi connectivity index (χ1n) is 5.60. The lowest BCUT2D eigenvalue weighted by Crippen LogP contribution is -2.31. The molecule has 0 heterocycles. The van der Waals surface area contributed by atoms with E-state index < -0.39 is 8.32 Å². The minimum Gasteiger partial charge on any atom is -0.420 e. The van der Waals surface area contributed by atoms with Gasteiger partial charge in [-0.25, -0.2) is 0 Å². The van der Waals surface area contributed by atoms with Crippen molar-refractivity contribution in [3.63, 3.8) is 0 Å². The lowest BCUT2D eigenvalue weighted by atomic mass is 10.0. The molecule has 1 nitrogen and oxygen atoms in total. The molecule has 1 atom stereocenters. The van der Waals surface area contributed by atoms with Crippen LogP contribution in [-0.4, -0.2) is 15.4 Å². The zero-order valence-electron chi connectivity index (χ0n) is 10.0. The molecule has 0 aromatic carbocycles. The second-order valence-electron chi connectivity index (χ2n) is 4.58. The van der Waals surface area contributed by atoms with Crippen molar-refractivity contribution in [2.45, 2.75) is 58.7 Å². The summed E-state index contributed by atoms with van der Waals surface area (Å²) in [5, 5.41) is 0. The van der Waals surface area contributed by atoms with Gasteiger partial charge in [-0.15, -0.1) is 0 Å². The quantitative estimate of drug-likeness (QED) is 0.566. The van der Waals surface area contributed by atoms with E-state index in [4.69, 9.17) is 4.43 Å². The lowest BCUT2D eigenvalue weighted by molar-refractivity contribution is 0.380. The Balaban J connectivity index is 3.82. The molecule has 0 saturated heterocycles. The van der Waals surface area contributed by atoms with Crippen LogP contribution >= 0.6 is 0 Å². The SMILES string of the molecule is CCCCC(CC)C[Si](C)(C)OC. The van der Waals surface area contributed by atoms with Crippen molar-refractivity contribution < 1.29 is 4.43 Å². The molecule has 0 amide bonds. The summed E-state index contributed by atoms with van der Waals surface area (Å²) in [6, 6.07) is 1.33. The van der Waals surface area contributed by atoms with Crippen molar-refractivity contribution in [2.24, 2.45) is 5.92 Å². The fourth-order valence-electron chi connectivity index (χ4n) is 1.72. The van der Waals surface area contributed by atoms with Crippen LogP contribution in [0.25, 0.3) is 0 Å². The van der Waals surface area contributed by atoms with Crippen molar-refractivity contribution in [1.29, 1.82) is 0 Å². The zero-order chi connectivity index (χ0) is 10.3. The number of hydrogen-bond acceptors (Lipinski definition) is 1. The third-order valence-electron chi connectivity index (χ3n) is 2.88. The molecule has 0 aliphatic carbocycles. The third-order valence-corrected chi connectivity index (χ3v) is 5.54. The van der Waals surface area contributed by atoms with Crippen LogP contribution in [-0.2, 0) is 4.43 Å². The smallest absolute Gasteiger partial charge is 0.186 e. The predicted octanol–water partition coefficient (Wildman–Crippen LogP) is 4.05. The molecule has 1 unspecified atom stereocenters. The maximum atomic E-state index is 5.59. The van der Waals surface area contributed by atoms with Gasteiger partial charge < -0.3 is 4.43 Å². The highest BCUT2D eigenvalue weighted by molar-refractivity contribution is 6.71. The molecule has 13 heavy (non-hydrogen) atoms. The molecule has 0 aromatic heterocycles. The van der Waals surface area contributed by atoms with E-state index in [1.807, 2.05) is 7.11 Å². The van der Waals surface area contributed by atoms with Crippen molar-refractivity contribution in [3.05, 3.63) is 0 Å². The van der Waals surface area contributed by atoms with Gasteiger partial charge in [-0.2, -0.15) is 0 Å². The van der Waals surface area contributed by atoms with Gasteiger partial charge in [-0.3, -0.25) is 0 Å². The largest absolute Gasteiger partial charge is 0.420 e. The molecule has 0 bridgehead atoms. The molecule has 0 aromatic rings.